The van der Waals surface area contributed by atoms with Gasteiger partial charge in [-0.05, 0) is 54.8 Å². The molecule has 2 aromatic rings. The number of aryl methyl sites for hydroxylation is 3. The summed E-state index contributed by atoms with van der Waals surface area (Å²) in [6.45, 7) is 3.23. The third kappa shape index (κ3) is 4.67. The van der Waals surface area contributed by atoms with E-state index in [0.717, 1.165) is 11.1 Å². The van der Waals surface area contributed by atoms with Crippen LogP contribution in [0.4, 0.5) is 0 Å². The van der Waals surface area contributed by atoms with Crippen molar-refractivity contribution in [2.75, 3.05) is 7.11 Å². The Labute approximate surface area is 205 Å². The molecule has 0 bridgehead atoms. The first-order valence-corrected chi connectivity index (χ1v) is 11.1. The highest BCUT2D eigenvalue weighted by Gasteiger charge is 2.25. The molecule has 0 aromatic heterocycles. The summed E-state index contributed by atoms with van der Waals surface area (Å²) < 4.78 is 7.09. The number of nitrogens with zero attached hydrogens (tertiary/aromatic N) is 4. The molecule has 4 rings (SSSR count). The number of nitrogens with one attached hydrogen (secondary N) is 1. The van der Waals surface area contributed by atoms with Gasteiger partial charge in [-0.2, -0.15) is 4.98 Å². The van der Waals surface area contributed by atoms with E-state index in [2.05, 4.69) is 15.3 Å². The van der Waals surface area contributed by atoms with Gasteiger partial charge in [0.1, 0.15) is 18.3 Å². The maximum atomic E-state index is 13.2. The summed E-state index contributed by atoms with van der Waals surface area (Å²) in [7, 11) is 2.87. The van der Waals surface area contributed by atoms with Gasteiger partial charge >= 0.3 is 11.7 Å². The zero-order valence-electron chi connectivity index (χ0n) is 20.2. The van der Waals surface area contributed by atoms with E-state index in [4.69, 9.17) is 4.74 Å². The van der Waals surface area contributed by atoms with Crippen molar-refractivity contribution in [1.29, 1.82) is 0 Å². The molecule has 1 unspecified atom stereocenters. The molecule has 36 heavy (non-hydrogen) atoms. The molecule has 2 aromatic carbocycles. The summed E-state index contributed by atoms with van der Waals surface area (Å²) in [4.78, 5) is 59.4. The average molecular weight is 492 g/mol. The molecule has 2 N–H and O–H groups in total. The number of ether oxygens (including phenoxy) is 1. The van der Waals surface area contributed by atoms with Crippen LogP contribution in [0.5, 0.6) is 5.75 Å². The number of hydrogen-bond acceptors (Lipinski definition) is 8. The van der Waals surface area contributed by atoms with Gasteiger partial charge < -0.3 is 19.7 Å². The van der Waals surface area contributed by atoms with Crippen molar-refractivity contribution in [3.8, 4) is 17.3 Å². The predicted molar refractivity (Wildman–Crippen MR) is 131 cm³/mol. The smallest absolute Gasteiger partial charge is 0.353 e. The van der Waals surface area contributed by atoms with E-state index in [1.165, 1.54) is 19.2 Å². The lowest BCUT2D eigenvalue weighted by Gasteiger charge is -2.18. The molecule has 2 aliphatic rings. The number of fused-ring (bicyclic) bond motifs is 2. The summed E-state index contributed by atoms with van der Waals surface area (Å²) in [5.74, 6) is -1.28. The van der Waals surface area contributed by atoms with Gasteiger partial charge in [-0.15, -0.1) is 0 Å². The number of carbonyl (C=O) groups is 2. The quantitative estimate of drug-likeness (QED) is 0.298. The second kappa shape index (κ2) is 9.61. The van der Waals surface area contributed by atoms with Crippen molar-refractivity contribution >= 4 is 22.9 Å². The molecule has 1 amide bonds. The fraction of sp³-hybridized carbons (Fsp3) is 0.280. The Kier molecular flexibility index (Phi) is 6.56. The Morgan fingerprint density at radius 3 is 2.42 bits per heavy atom. The minimum atomic E-state index is -1.07. The molecule has 0 fully saturated rings. The van der Waals surface area contributed by atoms with E-state index in [-0.39, 0.29) is 23.7 Å². The van der Waals surface area contributed by atoms with Gasteiger partial charge in [-0.25, -0.2) is 19.1 Å². The van der Waals surface area contributed by atoms with E-state index in [0.29, 0.717) is 21.2 Å². The second-order valence-corrected chi connectivity index (χ2v) is 8.57. The lowest BCUT2D eigenvalue weighted by atomic mass is 10.1. The zero-order valence-corrected chi connectivity index (χ0v) is 20.2. The fourth-order valence-electron chi connectivity index (χ4n) is 3.95. The van der Waals surface area contributed by atoms with Crippen molar-refractivity contribution in [3.05, 3.63) is 73.9 Å². The van der Waals surface area contributed by atoms with Crippen molar-refractivity contribution in [2.45, 2.75) is 32.9 Å². The van der Waals surface area contributed by atoms with Gasteiger partial charge in [0.2, 0.25) is 5.91 Å². The first kappa shape index (κ1) is 24.6. The Balaban J connectivity index is 1.67. The number of esters is 1. The number of methoxy groups -OCH3 is 1. The van der Waals surface area contributed by atoms with Crippen LogP contribution in [-0.4, -0.2) is 49.2 Å². The molecule has 0 spiro atoms. The molecule has 2 heterocycles. The monoisotopic (exact) mass is 491 g/mol. The Morgan fingerprint density at radius 1 is 1.08 bits per heavy atom. The van der Waals surface area contributed by atoms with Crippen LogP contribution in [-0.2, 0) is 34.3 Å². The molecule has 1 atom stereocenters. The van der Waals surface area contributed by atoms with E-state index in [1.54, 1.807) is 23.7 Å². The number of amides is 1. The Morgan fingerprint density at radius 2 is 1.75 bits per heavy atom. The predicted octanol–water partition coefficient (Wildman–Crippen LogP) is 0.818. The third-order valence-electron chi connectivity index (χ3n) is 6.09. The molecule has 0 saturated heterocycles. The highest BCUT2D eigenvalue weighted by atomic mass is 16.5. The largest absolute Gasteiger partial charge is 0.508 e. The number of rotatable bonds is 6. The van der Waals surface area contributed by atoms with Crippen LogP contribution >= 0.6 is 0 Å². The molecular weight excluding hydrogens is 466 g/mol. The van der Waals surface area contributed by atoms with Gasteiger partial charge in [-0.1, -0.05) is 12.1 Å². The third-order valence-corrected chi connectivity index (χ3v) is 6.09. The standard InChI is InChI=1S/C25H25N5O6/c1-13-9-17-19(10-14(13)2)29(3)22-21(27-17)23(33)30(25(35)28-22)12-20(32)26-18(24(34)36-4)11-15-5-7-16(31)8-6-15/h5-10,18,31H,11-12H2,1-4H3,(H,26,32). The number of carbonyl (C=O) groups excluding carboxylic acids is 2. The average Bonchev–Trinajstić information content (AvgIpc) is 2.84. The topological polar surface area (TPSA) is 145 Å². The Hall–Kier alpha value is -4.54. The summed E-state index contributed by atoms with van der Waals surface area (Å²) in [5, 5.41) is 12.0. The van der Waals surface area contributed by atoms with Crippen molar-refractivity contribution in [2.24, 2.45) is 7.05 Å². The fourth-order valence-corrected chi connectivity index (χ4v) is 3.95. The molecule has 186 valence electrons. The number of benzene rings is 2. The molecule has 11 heteroatoms. The number of hydrogen-bond donors (Lipinski definition) is 2. The first-order valence-electron chi connectivity index (χ1n) is 11.1. The summed E-state index contributed by atoms with van der Waals surface area (Å²) in [6, 6.07) is 8.79. The van der Waals surface area contributed by atoms with Gasteiger partial charge in [-0.3, -0.25) is 9.59 Å². The summed E-state index contributed by atoms with van der Waals surface area (Å²) in [6.07, 6.45) is 0.0793. The first-order chi connectivity index (χ1) is 17.1. The minimum Gasteiger partial charge on any atom is -0.508 e. The van der Waals surface area contributed by atoms with Crippen LogP contribution < -0.4 is 16.6 Å². The maximum Gasteiger partial charge on any atom is 0.353 e. The van der Waals surface area contributed by atoms with Crippen LogP contribution in [0, 0.1) is 13.8 Å². The van der Waals surface area contributed by atoms with Gasteiger partial charge in [0, 0.05) is 13.5 Å². The van der Waals surface area contributed by atoms with Crippen LogP contribution in [0.25, 0.3) is 22.6 Å². The Bertz CT molecular complexity index is 1570. The number of aromatic hydroxyl groups is 1. The summed E-state index contributed by atoms with van der Waals surface area (Å²) >= 11 is 0. The number of phenols is 1. The molecule has 0 aliphatic carbocycles. The van der Waals surface area contributed by atoms with Gasteiger partial charge in [0.15, 0.2) is 11.5 Å². The van der Waals surface area contributed by atoms with Crippen LogP contribution in [0.3, 0.4) is 0 Å². The highest BCUT2D eigenvalue weighted by Crippen LogP contribution is 2.22. The molecular formula is C25H25N5O6. The molecule has 0 radical (unpaired) electrons. The molecule has 0 saturated carbocycles. The second-order valence-electron chi connectivity index (χ2n) is 8.57. The molecule has 11 nitrogen and oxygen atoms in total. The van der Waals surface area contributed by atoms with E-state index in [1.807, 2.05) is 26.0 Å². The highest BCUT2D eigenvalue weighted by molar-refractivity contribution is 5.85. The van der Waals surface area contributed by atoms with Crippen LogP contribution in [0.1, 0.15) is 16.7 Å². The number of aromatic nitrogens is 4. The van der Waals surface area contributed by atoms with E-state index < -0.39 is 35.7 Å². The maximum absolute atomic E-state index is 13.2. The van der Waals surface area contributed by atoms with E-state index in [9.17, 15) is 24.3 Å². The lowest BCUT2D eigenvalue weighted by molar-refractivity contribution is -0.145. The van der Waals surface area contributed by atoms with Crippen molar-refractivity contribution in [1.82, 2.24) is 24.4 Å². The van der Waals surface area contributed by atoms with Crippen LogP contribution in [0.15, 0.2) is 46.0 Å². The van der Waals surface area contributed by atoms with Crippen molar-refractivity contribution < 1.29 is 19.4 Å². The normalized spacial score (nSPS) is 12.0. The summed E-state index contributed by atoms with van der Waals surface area (Å²) in [5.41, 5.74) is 2.23. The number of phenolic OH excluding ortho intramolecular Hbond substituents is 1. The van der Waals surface area contributed by atoms with Crippen LogP contribution in [0.2, 0.25) is 0 Å². The lowest BCUT2D eigenvalue weighted by Crippen LogP contribution is -2.48. The van der Waals surface area contributed by atoms with E-state index >= 15 is 0 Å². The SMILES string of the molecule is COC(=O)C(Cc1ccc(O)cc1)NC(=O)Cn1c(=O)nc2n(C)c3cc(C)c(C)cc3nc-2c1=O. The zero-order chi connectivity index (χ0) is 26.1. The molecule has 2 aliphatic heterocycles. The van der Waals surface area contributed by atoms with Gasteiger partial charge in [0.05, 0.1) is 18.1 Å². The van der Waals surface area contributed by atoms with Gasteiger partial charge in [0.25, 0.3) is 5.56 Å². The minimum absolute atomic E-state index is 0.0470. The van der Waals surface area contributed by atoms with Crippen molar-refractivity contribution in [3.63, 3.8) is 0 Å².